The van der Waals surface area contributed by atoms with Gasteiger partial charge in [-0.15, -0.1) is 4.91 Å². The first-order chi connectivity index (χ1) is 4.35. The third kappa shape index (κ3) is 3.94. The van der Waals surface area contributed by atoms with Gasteiger partial charge in [-0.25, -0.2) is 0 Å². The fourth-order valence-corrected chi connectivity index (χ4v) is 0.714. The van der Waals surface area contributed by atoms with E-state index >= 15 is 0 Å². The molecule has 3 heteroatoms. The number of nitrogens with zero attached hydrogens (tertiary/aromatic N) is 1. The van der Waals surface area contributed by atoms with Crippen LogP contribution in [-0.2, 0) is 4.84 Å². The molecule has 0 radical (unpaired) electrons. The molecule has 0 aromatic rings. The molecule has 0 bridgehead atoms. The Morgan fingerprint density at radius 2 is 2.22 bits per heavy atom. The van der Waals surface area contributed by atoms with Crippen LogP contribution in [0.4, 0.5) is 0 Å². The number of rotatable bonds is 5. The highest BCUT2D eigenvalue weighted by molar-refractivity contribution is 4.51. The summed E-state index contributed by atoms with van der Waals surface area (Å²) in [5.74, 6) is 0. The fourth-order valence-electron chi connectivity index (χ4n) is 0.714. The van der Waals surface area contributed by atoms with E-state index in [1.165, 1.54) is 0 Å². The molecule has 9 heavy (non-hydrogen) atoms. The molecule has 0 saturated carbocycles. The van der Waals surface area contributed by atoms with E-state index in [4.69, 9.17) is 0 Å². The maximum atomic E-state index is 9.58. The molecule has 0 aliphatic rings. The Hall–Kier alpha value is -0.600. The molecule has 0 aromatic carbocycles. The zero-order valence-electron chi connectivity index (χ0n) is 5.96. The molecular weight excluding hydrogens is 118 g/mol. The van der Waals surface area contributed by atoms with Crippen molar-refractivity contribution in [2.24, 2.45) is 5.34 Å². The van der Waals surface area contributed by atoms with Crippen LogP contribution in [0, 0.1) is 4.91 Å². The van der Waals surface area contributed by atoms with E-state index < -0.39 is 0 Å². The van der Waals surface area contributed by atoms with Gasteiger partial charge >= 0.3 is 0 Å². The summed E-state index contributed by atoms with van der Waals surface area (Å²) in [6, 6.07) is 0. The lowest BCUT2D eigenvalue weighted by Gasteiger charge is -2.07. The van der Waals surface area contributed by atoms with E-state index in [9.17, 15) is 4.91 Å². The third-order valence-electron chi connectivity index (χ3n) is 1.26. The van der Waals surface area contributed by atoms with Gasteiger partial charge in [-0.1, -0.05) is 20.3 Å². The fraction of sp³-hybridized carbons (Fsp3) is 1.00. The van der Waals surface area contributed by atoms with Crippen LogP contribution in [0.2, 0.25) is 0 Å². The van der Waals surface area contributed by atoms with Crippen LogP contribution in [0.25, 0.3) is 0 Å². The lowest BCUT2D eigenvalue weighted by Crippen LogP contribution is -2.06. The predicted molar refractivity (Wildman–Crippen MR) is 35.9 cm³/mol. The zero-order chi connectivity index (χ0) is 7.11. The van der Waals surface area contributed by atoms with Crippen LogP contribution >= 0.6 is 0 Å². The second kappa shape index (κ2) is 5.54. The molecule has 1 unspecified atom stereocenters. The van der Waals surface area contributed by atoms with E-state index in [2.05, 4.69) is 17.1 Å². The summed E-state index contributed by atoms with van der Waals surface area (Å²) in [4.78, 5) is 14.1. The maximum Gasteiger partial charge on any atom is 0.155 e. The Bertz CT molecular complexity index is 75.5. The second-order valence-electron chi connectivity index (χ2n) is 2.00. The second-order valence-corrected chi connectivity index (χ2v) is 2.00. The van der Waals surface area contributed by atoms with Gasteiger partial charge in [0, 0.05) is 0 Å². The molecular formula is C6H13NO2. The largest absolute Gasteiger partial charge is 0.361 e. The standard InChI is InChI=1S/C6H13NO2/c1-3-5-6(4-2)9-7-8/h6H,3-5H2,1-2H3. The van der Waals surface area contributed by atoms with Gasteiger partial charge in [0.25, 0.3) is 0 Å². The summed E-state index contributed by atoms with van der Waals surface area (Å²) in [7, 11) is 0. The molecule has 0 amide bonds. The molecule has 3 nitrogen and oxygen atoms in total. The van der Waals surface area contributed by atoms with Crippen molar-refractivity contribution in [2.75, 3.05) is 0 Å². The van der Waals surface area contributed by atoms with Gasteiger partial charge in [0.1, 0.15) is 6.10 Å². The highest BCUT2D eigenvalue weighted by atomic mass is 16.7. The molecule has 0 N–H and O–H groups in total. The Morgan fingerprint density at radius 3 is 2.56 bits per heavy atom. The van der Waals surface area contributed by atoms with Crippen molar-refractivity contribution in [1.82, 2.24) is 0 Å². The van der Waals surface area contributed by atoms with E-state index in [-0.39, 0.29) is 6.10 Å². The predicted octanol–water partition coefficient (Wildman–Crippen LogP) is 2.26. The average molecular weight is 131 g/mol. The minimum absolute atomic E-state index is 0.0347. The topological polar surface area (TPSA) is 38.7 Å². The Balaban J connectivity index is 3.28. The van der Waals surface area contributed by atoms with E-state index in [1.807, 2.05) is 6.92 Å². The van der Waals surface area contributed by atoms with Gasteiger partial charge in [0.05, 0.1) is 0 Å². The minimum atomic E-state index is 0.0347. The molecule has 0 rings (SSSR count). The Kier molecular flexibility index (Phi) is 5.17. The highest BCUT2D eigenvalue weighted by Crippen LogP contribution is 2.05. The minimum Gasteiger partial charge on any atom is -0.361 e. The molecule has 0 spiro atoms. The maximum absolute atomic E-state index is 9.58. The number of hydrogen-bond acceptors (Lipinski definition) is 3. The van der Waals surface area contributed by atoms with Gasteiger partial charge in [-0.3, -0.25) is 0 Å². The summed E-state index contributed by atoms with van der Waals surface area (Å²) in [6.45, 7) is 4.03. The SMILES string of the molecule is CCCC(CC)ON=O. The van der Waals surface area contributed by atoms with Crippen molar-refractivity contribution in [3.63, 3.8) is 0 Å². The first kappa shape index (κ1) is 8.40. The molecule has 0 aromatic heterocycles. The van der Waals surface area contributed by atoms with Crippen molar-refractivity contribution in [3.8, 4) is 0 Å². The van der Waals surface area contributed by atoms with Gasteiger partial charge in [-0.2, -0.15) is 0 Å². The van der Waals surface area contributed by atoms with Crippen LogP contribution < -0.4 is 0 Å². The van der Waals surface area contributed by atoms with Gasteiger partial charge in [0.2, 0.25) is 0 Å². The third-order valence-corrected chi connectivity index (χ3v) is 1.26. The average Bonchev–Trinajstić information content (AvgIpc) is 1.88. The first-order valence-electron chi connectivity index (χ1n) is 3.33. The van der Waals surface area contributed by atoms with E-state index in [0.717, 1.165) is 19.3 Å². The Morgan fingerprint density at radius 1 is 1.56 bits per heavy atom. The normalized spacial score (nSPS) is 12.7. The van der Waals surface area contributed by atoms with Crippen molar-refractivity contribution in [1.29, 1.82) is 0 Å². The van der Waals surface area contributed by atoms with Gasteiger partial charge in [-0.05, 0) is 12.8 Å². The van der Waals surface area contributed by atoms with Crippen LogP contribution in [-0.4, -0.2) is 6.10 Å². The highest BCUT2D eigenvalue weighted by Gasteiger charge is 2.04. The summed E-state index contributed by atoms with van der Waals surface area (Å²) in [5, 5.41) is 2.38. The van der Waals surface area contributed by atoms with Crippen LogP contribution in [0.15, 0.2) is 5.34 Å². The zero-order valence-corrected chi connectivity index (χ0v) is 5.96. The molecule has 0 aliphatic carbocycles. The summed E-state index contributed by atoms with van der Waals surface area (Å²) in [5.41, 5.74) is 0. The van der Waals surface area contributed by atoms with Crippen LogP contribution in [0.3, 0.4) is 0 Å². The molecule has 0 aliphatic heterocycles. The molecule has 54 valence electrons. The van der Waals surface area contributed by atoms with Crippen LogP contribution in [0.1, 0.15) is 33.1 Å². The van der Waals surface area contributed by atoms with Crippen molar-refractivity contribution in [2.45, 2.75) is 39.2 Å². The smallest absolute Gasteiger partial charge is 0.155 e. The van der Waals surface area contributed by atoms with Crippen molar-refractivity contribution < 1.29 is 4.84 Å². The quantitative estimate of drug-likeness (QED) is 0.424. The number of hydrogen-bond donors (Lipinski definition) is 0. The Labute approximate surface area is 55.3 Å². The van der Waals surface area contributed by atoms with Gasteiger partial charge in [0.15, 0.2) is 5.34 Å². The molecule has 0 fully saturated rings. The molecule has 0 heterocycles. The van der Waals surface area contributed by atoms with Crippen molar-refractivity contribution >= 4 is 0 Å². The van der Waals surface area contributed by atoms with Gasteiger partial charge < -0.3 is 4.84 Å². The lowest BCUT2D eigenvalue weighted by molar-refractivity contribution is 0.0462. The van der Waals surface area contributed by atoms with Crippen LogP contribution in [0.5, 0.6) is 0 Å². The summed E-state index contributed by atoms with van der Waals surface area (Å²) >= 11 is 0. The lowest BCUT2D eigenvalue weighted by atomic mass is 10.2. The summed E-state index contributed by atoms with van der Waals surface area (Å²) < 4.78 is 0. The van der Waals surface area contributed by atoms with E-state index in [0.29, 0.717) is 0 Å². The molecule has 1 atom stereocenters. The van der Waals surface area contributed by atoms with E-state index in [1.54, 1.807) is 0 Å². The monoisotopic (exact) mass is 131 g/mol. The first-order valence-corrected chi connectivity index (χ1v) is 3.33. The molecule has 0 saturated heterocycles. The summed E-state index contributed by atoms with van der Waals surface area (Å²) in [6.07, 6.45) is 2.85. The van der Waals surface area contributed by atoms with Crippen molar-refractivity contribution in [3.05, 3.63) is 4.91 Å².